The summed E-state index contributed by atoms with van der Waals surface area (Å²) >= 11 is 0. The SMILES string of the molecule is CCOC(=O)c1cn(C2CC2)c2c(OC(C(=O)OC(C)(C)C)[C@@H]3C[C@@H](CO[Si](C)(C)C(C)(C)C)CN3)c(F)c(F)cc2c1=O. The van der Waals surface area contributed by atoms with E-state index in [0.717, 1.165) is 6.07 Å². The molecule has 1 aromatic carbocycles. The zero-order valence-corrected chi connectivity index (χ0v) is 28.3. The number of ether oxygens (including phenoxy) is 3. The summed E-state index contributed by atoms with van der Waals surface area (Å²) in [7, 11) is -2.02. The Bertz CT molecular complexity index is 1470. The normalized spacial score (nSPS) is 20.1. The number of benzene rings is 1. The molecule has 9 nitrogen and oxygen atoms in total. The maximum absolute atomic E-state index is 15.7. The Labute approximate surface area is 258 Å². The zero-order chi connectivity index (χ0) is 32.8. The van der Waals surface area contributed by atoms with Gasteiger partial charge in [0.1, 0.15) is 11.2 Å². The molecule has 44 heavy (non-hydrogen) atoms. The summed E-state index contributed by atoms with van der Waals surface area (Å²) in [4.78, 5) is 39.6. The number of nitrogens with one attached hydrogen (secondary N) is 1. The Morgan fingerprint density at radius 1 is 1.14 bits per heavy atom. The van der Waals surface area contributed by atoms with Gasteiger partial charge in [0.05, 0.1) is 23.6 Å². The van der Waals surface area contributed by atoms with Crippen molar-refractivity contribution < 1.29 is 37.0 Å². The molecule has 1 saturated heterocycles. The van der Waals surface area contributed by atoms with Crippen molar-refractivity contribution in [3.63, 3.8) is 0 Å². The van der Waals surface area contributed by atoms with Crippen molar-refractivity contribution in [3.8, 4) is 5.75 Å². The molecule has 0 amide bonds. The van der Waals surface area contributed by atoms with E-state index in [1.54, 1.807) is 32.3 Å². The molecule has 2 heterocycles. The number of carbonyl (C=O) groups excluding carboxylic acids is 2. The Kier molecular flexibility index (Phi) is 9.68. The molecule has 2 aliphatic rings. The molecule has 3 atom stereocenters. The lowest BCUT2D eigenvalue weighted by Gasteiger charge is -2.37. The Hall–Kier alpha value is -2.83. The third kappa shape index (κ3) is 7.34. The summed E-state index contributed by atoms with van der Waals surface area (Å²) < 4.78 is 55.7. The number of fused-ring (bicyclic) bond motifs is 1. The fourth-order valence-corrected chi connectivity index (χ4v) is 6.14. The molecular formula is C32H46F2N2O7Si. The minimum absolute atomic E-state index is 0.0196. The van der Waals surface area contributed by atoms with Gasteiger partial charge < -0.3 is 28.5 Å². The first-order chi connectivity index (χ1) is 20.3. The van der Waals surface area contributed by atoms with E-state index in [4.69, 9.17) is 18.6 Å². The summed E-state index contributed by atoms with van der Waals surface area (Å²) in [5, 5.41) is 3.11. The molecule has 1 aromatic heterocycles. The monoisotopic (exact) mass is 636 g/mol. The number of pyridine rings is 1. The molecule has 244 valence electrons. The summed E-state index contributed by atoms with van der Waals surface area (Å²) in [5.74, 6) is -4.79. The number of halogens is 2. The van der Waals surface area contributed by atoms with Gasteiger partial charge in [-0.2, -0.15) is 4.39 Å². The standard InChI is InChI=1S/C32H46F2N2O7Si/c1-10-40-29(38)21-16-36(19-11-12-19)25-20(26(21)37)14-22(33)24(34)28(25)42-27(30(39)43-31(2,3)4)23-13-18(15-35-23)17-41-44(8,9)32(5,6)7/h14,16,18-19,23,27,35H,10-13,15,17H2,1-9H3/t18-,23+,27?/m1/s1. The van der Waals surface area contributed by atoms with Gasteiger partial charge in [-0.1, -0.05) is 20.8 Å². The predicted octanol–water partition coefficient (Wildman–Crippen LogP) is 5.88. The highest BCUT2D eigenvalue weighted by molar-refractivity contribution is 6.74. The van der Waals surface area contributed by atoms with Crippen molar-refractivity contribution in [3.05, 3.63) is 39.7 Å². The number of hydrogen-bond acceptors (Lipinski definition) is 8. The lowest BCUT2D eigenvalue weighted by atomic mass is 10.0. The van der Waals surface area contributed by atoms with Crippen LogP contribution in [0.3, 0.4) is 0 Å². The molecule has 0 spiro atoms. The highest BCUT2D eigenvalue weighted by Gasteiger charge is 2.43. The molecular weight excluding hydrogens is 590 g/mol. The number of rotatable bonds is 10. The van der Waals surface area contributed by atoms with Crippen LogP contribution in [0.4, 0.5) is 8.78 Å². The number of esters is 2. The average Bonchev–Trinajstić information content (AvgIpc) is 3.64. The van der Waals surface area contributed by atoms with Crippen LogP contribution >= 0.6 is 0 Å². The van der Waals surface area contributed by atoms with Crippen LogP contribution in [0, 0.1) is 17.6 Å². The van der Waals surface area contributed by atoms with E-state index >= 15 is 8.78 Å². The maximum Gasteiger partial charge on any atom is 0.349 e. The fraction of sp³-hybridized carbons (Fsp3) is 0.656. The molecule has 0 radical (unpaired) electrons. The van der Waals surface area contributed by atoms with Gasteiger partial charge in [0, 0.05) is 25.4 Å². The first-order valence-electron chi connectivity index (χ1n) is 15.4. The van der Waals surface area contributed by atoms with Crippen LogP contribution < -0.4 is 15.5 Å². The second-order valence-corrected chi connectivity index (χ2v) is 19.2. The van der Waals surface area contributed by atoms with Crippen molar-refractivity contribution in [2.24, 2.45) is 5.92 Å². The average molecular weight is 637 g/mol. The van der Waals surface area contributed by atoms with Gasteiger partial charge in [-0.25, -0.2) is 14.0 Å². The van der Waals surface area contributed by atoms with Crippen LogP contribution in [-0.4, -0.2) is 62.3 Å². The second-order valence-electron chi connectivity index (χ2n) is 14.4. The lowest BCUT2D eigenvalue weighted by molar-refractivity contribution is -0.164. The van der Waals surface area contributed by atoms with E-state index in [1.165, 1.54) is 6.20 Å². The molecule has 1 unspecified atom stereocenters. The molecule has 1 aliphatic carbocycles. The minimum atomic E-state index is -2.02. The molecule has 2 fully saturated rings. The highest BCUT2D eigenvalue weighted by Crippen LogP contribution is 2.42. The molecule has 12 heteroatoms. The van der Waals surface area contributed by atoms with Crippen LogP contribution in [0.5, 0.6) is 5.75 Å². The van der Waals surface area contributed by atoms with Crippen LogP contribution in [0.2, 0.25) is 18.1 Å². The van der Waals surface area contributed by atoms with Gasteiger partial charge in [-0.15, -0.1) is 0 Å². The number of hydrogen-bond donors (Lipinski definition) is 1. The van der Waals surface area contributed by atoms with Gasteiger partial charge in [0.2, 0.25) is 17.3 Å². The van der Waals surface area contributed by atoms with Crippen LogP contribution in [-0.2, 0) is 18.7 Å². The van der Waals surface area contributed by atoms with Crippen molar-refractivity contribution in [2.75, 3.05) is 19.8 Å². The smallest absolute Gasteiger partial charge is 0.349 e. The number of aromatic nitrogens is 1. The first kappa shape index (κ1) is 34.0. The van der Waals surface area contributed by atoms with Gasteiger partial charge in [-0.3, -0.25) is 4.79 Å². The molecule has 2 aromatic rings. The summed E-state index contributed by atoms with van der Waals surface area (Å²) in [5.41, 5.74) is -1.99. The van der Waals surface area contributed by atoms with Crippen LogP contribution in [0.1, 0.15) is 84.1 Å². The van der Waals surface area contributed by atoms with Gasteiger partial charge in [0.25, 0.3) is 0 Å². The topological polar surface area (TPSA) is 105 Å². The Morgan fingerprint density at radius 2 is 1.80 bits per heavy atom. The van der Waals surface area contributed by atoms with E-state index in [0.29, 0.717) is 32.4 Å². The van der Waals surface area contributed by atoms with Crippen LogP contribution in [0.15, 0.2) is 17.1 Å². The molecule has 1 saturated carbocycles. The first-order valence-corrected chi connectivity index (χ1v) is 18.3. The number of carbonyl (C=O) groups is 2. The largest absolute Gasteiger partial charge is 0.472 e. The summed E-state index contributed by atoms with van der Waals surface area (Å²) in [6.45, 7) is 18.6. The van der Waals surface area contributed by atoms with Gasteiger partial charge >= 0.3 is 11.9 Å². The third-order valence-electron chi connectivity index (χ3n) is 8.59. The van der Waals surface area contributed by atoms with Crippen molar-refractivity contribution >= 4 is 31.2 Å². The van der Waals surface area contributed by atoms with E-state index in [2.05, 4.69) is 39.2 Å². The Balaban J connectivity index is 1.75. The van der Waals surface area contributed by atoms with Crippen molar-refractivity contribution in [1.29, 1.82) is 0 Å². The lowest BCUT2D eigenvalue weighted by Crippen LogP contribution is -2.47. The van der Waals surface area contributed by atoms with Gasteiger partial charge in [0.15, 0.2) is 19.9 Å². The molecule has 1 aliphatic heterocycles. The third-order valence-corrected chi connectivity index (χ3v) is 13.1. The molecule has 0 bridgehead atoms. The second kappa shape index (κ2) is 12.5. The summed E-state index contributed by atoms with van der Waals surface area (Å²) in [6.07, 6.45) is 1.83. The quantitative estimate of drug-likeness (QED) is 0.255. The highest BCUT2D eigenvalue weighted by atomic mass is 28.4. The minimum Gasteiger partial charge on any atom is -0.472 e. The van der Waals surface area contributed by atoms with Crippen LogP contribution in [0.25, 0.3) is 10.9 Å². The summed E-state index contributed by atoms with van der Waals surface area (Å²) in [6, 6.07) is 0.00171. The Morgan fingerprint density at radius 3 is 2.36 bits per heavy atom. The van der Waals surface area contributed by atoms with Crippen molar-refractivity contribution in [1.82, 2.24) is 9.88 Å². The van der Waals surface area contributed by atoms with E-state index in [-0.39, 0.29) is 40.1 Å². The molecule has 1 N–H and O–H groups in total. The van der Waals surface area contributed by atoms with Crippen molar-refractivity contribution in [2.45, 2.75) is 110 Å². The molecule has 4 rings (SSSR count). The van der Waals surface area contributed by atoms with E-state index in [1.807, 2.05) is 0 Å². The van der Waals surface area contributed by atoms with E-state index in [9.17, 15) is 14.4 Å². The zero-order valence-electron chi connectivity index (χ0n) is 27.3. The maximum atomic E-state index is 15.7. The van der Waals surface area contributed by atoms with E-state index < -0.39 is 60.8 Å². The number of nitrogens with zero attached hydrogens (tertiary/aromatic N) is 1. The van der Waals surface area contributed by atoms with Gasteiger partial charge in [-0.05, 0) is 77.1 Å². The fourth-order valence-electron chi connectivity index (χ4n) is 5.06. The predicted molar refractivity (Wildman–Crippen MR) is 166 cm³/mol.